The fourth-order valence-corrected chi connectivity index (χ4v) is 3.42. The van der Waals surface area contributed by atoms with Crippen LogP contribution in [0.5, 0.6) is 0 Å². The number of rotatable bonds is 3. The van der Waals surface area contributed by atoms with Crippen LogP contribution in [0.4, 0.5) is 5.95 Å². The third-order valence-corrected chi connectivity index (χ3v) is 4.71. The molecule has 2 unspecified atom stereocenters. The van der Waals surface area contributed by atoms with Crippen LogP contribution >= 0.6 is 0 Å². The molecule has 0 bridgehead atoms. The number of nitrogens with one attached hydrogen (secondary N) is 1. The van der Waals surface area contributed by atoms with Crippen molar-refractivity contribution in [1.82, 2.24) is 19.7 Å². The van der Waals surface area contributed by atoms with Crippen molar-refractivity contribution in [3.05, 3.63) is 45.6 Å². The Bertz CT molecular complexity index is 804. The Morgan fingerprint density at radius 2 is 2.17 bits per heavy atom. The highest BCUT2D eigenvalue weighted by molar-refractivity contribution is 5.28. The summed E-state index contributed by atoms with van der Waals surface area (Å²) in [6.45, 7) is 2.90. The van der Waals surface area contributed by atoms with Gasteiger partial charge in [0.05, 0.1) is 24.9 Å². The first-order valence-electron chi connectivity index (χ1n) is 8.46. The van der Waals surface area contributed by atoms with Gasteiger partial charge in [-0.1, -0.05) is 0 Å². The Labute approximate surface area is 140 Å². The highest BCUT2D eigenvalue weighted by Crippen LogP contribution is 2.23. The highest BCUT2D eigenvalue weighted by Gasteiger charge is 2.32. The van der Waals surface area contributed by atoms with Crippen molar-refractivity contribution >= 4 is 5.95 Å². The lowest BCUT2D eigenvalue weighted by Gasteiger charge is -2.22. The molecule has 3 heterocycles. The Morgan fingerprint density at radius 1 is 1.29 bits per heavy atom. The van der Waals surface area contributed by atoms with Gasteiger partial charge in [0, 0.05) is 18.0 Å². The van der Waals surface area contributed by atoms with Gasteiger partial charge in [0.2, 0.25) is 5.95 Å². The molecule has 0 spiro atoms. The van der Waals surface area contributed by atoms with E-state index in [0.29, 0.717) is 19.2 Å². The second-order valence-corrected chi connectivity index (χ2v) is 6.48. The number of aryl methyl sites for hydroxylation is 3. The summed E-state index contributed by atoms with van der Waals surface area (Å²) in [7, 11) is 0. The SMILES string of the molecule is Cc1ccnc(NC2COCC2n2nc3c(cc2=O)CCCC3)n1. The third kappa shape index (κ3) is 2.91. The summed E-state index contributed by atoms with van der Waals surface area (Å²) in [5.41, 5.74) is 3.00. The van der Waals surface area contributed by atoms with Gasteiger partial charge >= 0.3 is 0 Å². The molecular formula is C17H21N5O2. The lowest BCUT2D eigenvalue weighted by atomic mass is 9.97. The van der Waals surface area contributed by atoms with E-state index in [1.165, 1.54) is 0 Å². The third-order valence-electron chi connectivity index (χ3n) is 4.71. The zero-order valence-corrected chi connectivity index (χ0v) is 13.7. The summed E-state index contributed by atoms with van der Waals surface area (Å²) in [5, 5.41) is 7.94. The van der Waals surface area contributed by atoms with E-state index in [1.807, 2.05) is 13.0 Å². The van der Waals surface area contributed by atoms with Crippen molar-refractivity contribution in [2.45, 2.75) is 44.7 Å². The number of hydrogen-bond donors (Lipinski definition) is 1. The maximum Gasteiger partial charge on any atom is 0.267 e. The van der Waals surface area contributed by atoms with E-state index < -0.39 is 0 Å². The van der Waals surface area contributed by atoms with Gasteiger partial charge in [-0.15, -0.1) is 0 Å². The molecule has 1 aliphatic carbocycles. The molecule has 2 aromatic heterocycles. The Kier molecular flexibility index (Phi) is 4.02. The average molecular weight is 327 g/mol. The Hall–Kier alpha value is -2.28. The number of hydrogen-bond acceptors (Lipinski definition) is 6. The smallest absolute Gasteiger partial charge is 0.267 e. The quantitative estimate of drug-likeness (QED) is 0.914. The lowest BCUT2D eigenvalue weighted by Crippen LogP contribution is -2.38. The van der Waals surface area contributed by atoms with E-state index in [9.17, 15) is 4.79 Å². The van der Waals surface area contributed by atoms with Crippen molar-refractivity contribution in [3.8, 4) is 0 Å². The summed E-state index contributed by atoms with van der Waals surface area (Å²) in [4.78, 5) is 21.1. The molecule has 0 saturated carbocycles. The van der Waals surface area contributed by atoms with Crippen LogP contribution in [0.15, 0.2) is 23.1 Å². The zero-order chi connectivity index (χ0) is 16.5. The van der Waals surface area contributed by atoms with Crippen molar-refractivity contribution in [2.24, 2.45) is 0 Å². The topological polar surface area (TPSA) is 81.9 Å². The van der Waals surface area contributed by atoms with Gasteiger partial charge in [0.1, 0.15) is 6.04 Å². The van der Waals surface area contributed by atoms with Crippen LogP contribution in [0.1, 0.15) is 35.8 Å². The zero-order valence-electron chi connectivity index (χ0n) is 13.7. The molecule has 7 heteroatoms. The molecule has 0 radical (unpaired) electrons. The molecule has 2 aliphatic rings. The van der Waals surface area contributed by atoms with Gasteiger partial charge in [-0.25, -0.2) is 14.6 Å². The van der Waals surface area contributed by atoms with Gasteiger partial charge in [-0.2, -0.15) is 5.10 Å². The molecule has 2 aromatic rings. The van der Waals surface area contributed by atoms with E-state index >= 15 is 0 Å². The monoisotopic (exact) mass is 327 g/mol. The van der Waals surface area contributed by atoms with Gasteiger partial charge in [-0.05, 0) is 44.2 Å². The summed E-state index contributed by atoms with van der Waals surface area (Å²) in [5.74, 6) is 0.557. The van der Waals surface area contributed by atoms with Crippen LogP contribution in [0.25, 0.3) is 0 Å². The molecule has 1 saturated heterocycles. The summed E-state index contributed by atoms with van der Waals surface area (Å²) < 4.78 is 7.20. The van der Waals surface area contributed by atoms with E-state index in [0.717, 1.165) is 42.6 Å². The van der Waals surface area contributed by atoms with Crippen LogP contribution in [0, 0.1) is 6.92 Å². The van der Waals surface area contributed by atoms with Gasteiger partial charge in [-0.3, -0.25) is 4.79 Å². The lowest BCUT2D eigenvalue weighted by molar-refractivity contribution is 0.182. The van der Waals surface area contributed by atoms with Crippen molar-refractivity contribution in [2.75, 3.05) is 18.5 Å². The van der Waals surface area contributed by atoms with Crippen LogP contribution in [0.2, 0.25) is 0 Å². The second kappa shape index (κ2) is 6.32. The molecule has 1 fully saturated rings. The minimum Gasteiger partial charge on any atom is -0.377 e. The number of nitrogens with zero attached hydrogens (tertiary/aromatic N) is 4. The molecule has 7 nitrogen and oxygen atoms in total. The molecule has 0 amide bonds. The molecule has 24 heavy (non-hydrogen) atoms. The van der Waals surface area contributed by atoms with Gasteiger partial charge in [0.25, 0.3) is 5.56 Å². The fourth-order valence-electron chi connectivity index (χ4n) is 3.42. The van der Waals surface area contributed by atoms with Crippen LogP contribution < -0.4 is 10.9 Å². The first-order chi connectivity index (χ1) is 11.7. The average Bonchev–Trinajstić information content (AvgIpc) is 3.02. The Morgan fingerprint density at radius 3 is 3.04 bits per heavy atom. The summed E-state index contributed by atoms with van der Waals surface area (Å²) in [6, 6.07) is 3.39. The number of fused-ring (bicyclic) bond motifs is 1. The molecule has 1 N–H and O–H groups in total. The minimum atomic E-state index is -0.145. The molecule has 126 valence electrons. The molecule has 4 rings (SSSR count). The number of aromatic nitrogens is 4. The van der Waals surface area contributed by atoms with Crippen LogP contribution in [-0.2, 0) is 17.6 Å². The highest BCUT2D eigenvalue weighted by atomic mass is 16.5. The maximum atomic E-state index is 12.5. The number of anilines is 1. The van der Waals surface area contributed by atoms with Crippen LogP contribution in [0.3, 0.4) is 0 Å². The molecular weight excluding hydrogens is 306 g/mol. The predicted octanol–water partition coefficient (Wildman–Crippen LogP) is 1.27. The second-order valence-electron chi connectivity index (χ2n) is 6.48. The van der Waals surface area contributed by atoms with Crippen LogP contribution in [-0.4, -0.2) is 39.0 Å². The van der Waals surface area contributed by atoms with Crippen molar-refractivity contribution in [1.29, 1.82) is 0 Å². The molecule has 1 aliphatic heterocycles. The normalized spacial score (nSPS) is 23.0. The number of ether oxygens (including phenoxy) is 1. The summed E-state index contributed by atoms with van der Waals surface area (Å²) in [6.07, 6.45) is 5.90. The largest absolute Gasteiger partial charge is 0.377 e. The molecule has 0 aromatic carbocycles. The van der Waals surface area contributed by atoms with E-state index in [-0.39, 0.29) is 17.6 Å². The molecule has 2 atom stereocenters. The van der Waals surface area contributed by atoms with E-state index in [1.54, 1.807) is 16.9 Å². The predicted molar refractivity (Wildman–Crippen MR) is 89.2 cm³/mol. The summed E-state index contributed by atoms with van der Waals surface area (Å²) >= 11 is 0. The first-order valence-corrected chi connectivity index (χ1v) is 8.46. The maximum absolute atomic E-state index is 12.5. The van der Waals surface area contributed by atoms with E-state index in [2.05, 4.69) is 20.4 Å². The Balaban J connectivity index is 1.62. The first kappa shape index (κ1) is 15.3. The van der Waals surface area contributed by atoms with Crippen molar-refractivity contribution in [3.63, 3.8) is 0 Å². The van der Waals surface area contributed by atoms with Gasteiger partial charge in [0.15, 0.2) is 0 Å². The van der Waals surface area contributed by atoms with Gasteiger partial charge < -0.3 is 10.1 Å². The fraction of sp³-hybridized carbons (Fsp3) is 0.529. The van der Waals surface area contributed by atoms with Crippen molar-refractivity contribution < 1.29 is 4.74 Å². The standard InChI is InChI=1S/C17H21N5O2/c1-11-6-7-18-17(19-11)20-14-9-24-10-15(14)22-16(23)8-12-4-2-3-5-13(12)21-22/h6-8,14-15H,2-5,9-10H2,1H3,(H,18,19,20). The van der Waals surface area contributed by atoms with E-state index in [4.69, 9.17) is 4.74 Å². The minimum absolute atomic E-state index is 0.0527.